The molecule has 4 nitrogen and oxygen atoms in total. The van der Waals surface area contributed by atoms with Gasteiger partial charge in [-0.2, -0.15) is 8.42 Å². The Kier molecular flexibility index (Phi) is 3.62. The number of hydrogen-bond donors (Lipinski definition) is 2. The van der Waals surface area contributed by atoms with Crippen molar-refractivity contribution in [1.82, 2.24) is 0 Å². The highest BCUT2D eigenvalue weighted by molar-refractivity contribution is 7.85. The van der Waals surface area contributed by atoms with Gasteiger partial charge in [0, 0.05) is 5.92 Å². The Labute approximate surface area is 82.9 Å². The first-order valence-electron chi connectivity index (χ1n) is 4.14. The lowest BCUT2D eigenvalue weighted by Gasteiger charge is -2.11. The van der Waals surface area contributed by atoms with Crippen LogP contribution in [-0.4, -0.2) is 30.4 Å². The Bertz CT molecular complexity index is 371. The molecule has 0 bridgehead atoms. The van der Waals surface area contributed by atoms with E-state index in [4.69, 9.17) is 9.66 Å². The summed E-state index contributed by atoms with van der Waals surface area (Å²) in [7, 11) is -4.04. The van der Waals surface area contributed by atoms with E-state index < -0.39 is 21.8 Å². The highest BCUT2D eigenvalue weighted by atomic mass is 32.2. The zero-order chi connectivity index (χ0) is 10.6. The molecule has 1 aromatic rings. The van der Waals surface area contributed by atoms with Gasteiger partial charge in [-0.3, -0.25) is 4.55 Å². The van der Waals surface area contributed by atoms with Crippen LogP contribution in [0.2, 0.25) is 0 Å². The average molecular weight is 216 g/mol. The van der Waals surface area contributed by atoms with Crippen molar-refractivity contribution < 1.29 is 18.1 Å². The predicted octanol–water partition coefficient (Wildman–Crippen LogP) is 0.650. The SMILES string of the molecule is O=S(=O)(O)CC(CO)c1ccccc1. The predicted molar refractivity (Wildman–Crippen MR) is 52.7 cm³/mol. The third-order valence-corrected chi connectivity index (χ3v) is 2.73. The molecular formula is C9H12O4S. The first-order chi connectivity index (χ1) is 6.53. The maximum absolute atomic E-state index is 10.6. The molecule has 0 radical (unpaired) electrons. The third kappa shape index (κ3) is 3.45. The second kappa shape index (κ2) is 4.54. The van der Waals surface area contributed by atoms with Crippen LogP contribution in [0.4, 0.5) is 0 Å². The minimum atomic E-state index is -4.04. The molecule has 5 heteroatoms. The summed E-state index contributed by atoms with van der Waals surface area (Å²) in [6.45, 7) is -0.302. The molecule has 1 unspecified atom stereocenters. The lowest BCUT2D eigenvalue weighted by atomic mass is 10.0. The number of aliphatic hydroxyl groups excluding tert-OH is 1. The molecule has 0 saturated carbocycles. The summed E-state index contributed by atoms with van der Waals surface area (Å²) in [6, 6.07) is 8.73. The lowest BCUT2D eigenvalue weighted by molar-refractivity contribution is 0.272. The normalized spacial score (nSPS) is 13.9. The minimum Gasteiger partial charge on any atom is -0.396 e. The first kappa shape index (κ1) is 11.2. The van der Waals surface area contributed by atoms with Gasteiger partial charge in [-0.05, 0) is 5.56 Å². The van der Waals surface area contributed by atoms with Gasteiger partial charge in [0.1, 0.15) is 0 Å². The van der Waals surface area contributed by atoms with Crippen LogP contribution >= 0.6 is 0 Å². The minimum absolute atomic E-state index is 0.302. The van der Waals surface area contributed by atoms with Crippen molar-refractivity contribution in [1.29, 1.82) is 0 Å². The maximum Gasteiger partial charge on any atom is 0.265 e. The topological polar surface area (TPSA) is 74.6 Å². The smallest absolute Gasteiger partial charge is 0.265 e. The van der Waals surface area contributed by atoms with E-state index in [0.717, 1.165) is 0 Å². The summed E-state index contributed by atoms with van der Waals surface area (Å²) in [5.41, 5.74) is 0.702. The van der Waals surface area contributed by atoms with Gasteiger partial charge >= 0.3 is 0 Å². The zero-order valence-electron chi connectivity index (χ0n) is 7.50. The van der Waals surface area contributed by atoms with Gasteiger partial charge in [-0.1, -0.05) is 30.3 Å². The van der Waals surface area contributed by atoms with Crippen LogP contribution < -0.4 is 0 Å². The van der Waals surface area contributed by atoms with Crippen molar-refractivity contribution in [2.24, 2.45) is 0 Å². The van der Waals surface area contributed by atoms with E-state index in [1.54, 1.807) is 30.3 Å². The fourth-order valence-corrected chi connectivity index (χ4v) is 2.04. The van der Waals surface area contributed by atoms with Gasteiger partial charge in [-0.25, -0.2) is 0 Å². The van der Waals surface area contributed by atoms with Crippen molar-refractivity contribution >= 4 is 10.1 Å². The van der Waals surface area contributed by atoms with E-state index in [9.17, 15) is 8.42 Å². The molecule has 0 amide bonds. The highest BCUT2D eigenvalue weighted by Gasteiger charge is 2.17. The molecule has 0 aliphatic heterocycles. The Hall–Kier alpha value is -0.910. The fraction of sp³-hybridized carbons (Fsp3) is 0.333. The van der Waals surface area contributed by atoms with Gasteiger partial charge in [0.05, 0.1) is 12.4 Å². The van der Waals surface area contributed by atoms with Crippen molar-refractivity contribution in [2.45, 2.75) is 5.92 Å². The van der Waals surface area contributed by atoms with Crippen LogP contribution in [-0.2, 0) is 10.1 Å². The molecule has 2 N–H and O–H groups in total. The van der Waals surface area contributed by atoms with E-state index in [1.807, 2.05) is 0 Å². The van der Waals surface area contributed by atoms with Crippen molar-refractivity contribution in [3.05, 3.63) is 35.9 Å². The summed E-state index contributed by atoms with van der Waals surface area (Å²) in [4.78, 5) is 0. The molecule has 0 fully saturated rings. The number of benzene rings is 1. The lowest BCUT2D eigenvalue weighted by Crippen LogP contribution is -2.16. The van der Waals surface area contributed by atoms with Gasteiger partial charge in [-0.15, -0.1) is 0 Å². The molecule has 1 aromatic carbocycles. The van der Waals surface area contributed by atoms with Crippen LogP contribution in [0.5, 0.6) is 0 Å². The summed E-state index contributed by atoms with van der Waals surface area (Å²) in [6.07, 6.45) is 0. The third-order valence-electron chi connectivity index (χ3n) is 1.90. The molecule has 0 heterocycles. The second-order valence-corrected chi connectivity index (χ2v) is 4.54. The largest absolute Gasteiger partial charge is 0.396 e. The monoisotopic (exact) mass is 216 g/mol. The fourth-order valence-electron chi connectivity index (χ4n) is 1.23. The zero-order valence-corrected chi connectivity index (χ0v) is 8.31. The summed E-state index contributed by atoms with van der Waals surface area (Å²) in [5.74, 6) is -1.01. The molecule has 14 heavy (non-hydrogen) atoms. The summed E-state index contributed by atoms with van der Waals surface area (Å²) in [5, 5.41) is 8.97. The Balaban J connectivity index is 2.84. The van der Waals surface area contributed by atoms with E-state index in [2.05, 4.69) is 0 Å². The summed E-state index contributed by atoms with van der Waals surface area (Å²) >= 11 is 0. The van der Waals surface area contributed by atoms with E-state index >= 15 is 0 Å². The molecule has 0 spiro atoms. The molecule has 0 aliphatic rings. The average Bonchev–Trinajstić information content (AvgIpc) is 2.14. The molecule has 0 aliphatic carbocycles. The number of rotatable bonds is 4. The quantitative estimate of drug-likeness (QED) is 0.725. The Morgan fingerprint density at radius 2 is 1.79 bits per heavy atom. The first-order valence-corrected chi connectivity index (χ1v) is 5.75. The van der Waals surface area contributed by atoms with Crippen LogP contribution in [0.15, 0.2) is 30.3 Å². The molecule has 0 saturated heterocycles. The highest BCUT2D eigenvalue weighted by Crippen LogP contribution is 2.16. The van der Waals surface area contributed by atoms with E-state index in [0.29, 0.717) is 5.56 Å². The second-order valence-electron chi connectivity index (χ2n) is 3.04. The van der Waals surface area contributed by atoms with Crippen molar-refractivity contribution in [3.8, 4) is 0 Å². The van der Waals surface area contributed by atoms with E-state index in [1.165, 1.54) is 0 Å². The Morgan fingerprint density at radius 3 is 2.21 bits per heavy atom. The van der Waals surface area contributed by atoms with E-state index in [-0.39, 0.29) is 6.61 Å². The van der Waals surface area contributed by atoms with Crippen LogP contribution in [0.3, 0.4) is 0 Å². The molecule has 78 valence electrons. The number of aliphatic hydroxyl groups is 1. The van der Waals surface area contributed by atoms with Gasteiger partial charge in [0.2, 0.25) is 0 Å². The standard InChI is InChI=1S/C9H12O4S/c10-6-9(7-14(11,12)13)8-4-2-1-3-5-8/h1-5,9-10H,6-7H2,(H,11,12,13). The van der Waals surface area contributed by atoms with Crippen molar-refractivity contribution in [3.63, 3.8) is 0 Å². The maximum atomic E-state index is 10.6. The Morgan fingerprint density at radius 1 is 1.21 bits per heavy atom. The van der Waals surface area contributed by atoms with Crippen LogP contribution in [0, 0.1) is 0 Å². The molecular weight excluding hydrogens is 204 g/mol. The van der Waals surface area contributed by atoms with Gasteiger partial charge in [0.25, 0.3) is 10.1 Å². The van der Waals surface area contributed by atoms with Crippen LogP contribution in [0.1, 0.15) is 11.5 Å². The van der Waals surface area contributed by atoms with Gasteiger partial charge < -0.3 is 5.11 Å². The van der Waals surface area contributed by atoms with Crippen molar-refractivity contribution in [2.75, 3.05) is 12.4 Å². The summed E-state index contributed by atoms with van der Waals surface area (Å²) < 4.78 is 29.9. The molecule has 1 atom stereocenters. The molecule has 0 aromatic heterocycles. The number of hydrogen-bond acceptors (Lipinski definition) is 3. The van der Waals surface area contributed by atoms with Gasteiger partial charge in [0.15, 0.2) is 0 Å². The molecule has 1 rings (SSSR count). The van der Waals surface area contributed by atoms with Crippen LogP contribution in [0.25, 0.3) is 0 Å².